The molecule has 27 heavy (non-hydrogen) atoms. The van der Waals surface area contributed by atoms with Crippen LogP contribution in [0.4, 0.5) is 23.2 Å². The van der Waals surface area contributed by atoms with Gasteiger partial charge in [0.15, 0.2) is 5.01 Å². The summed E-state index contributed by atoms with van der Waals surface area (Å²) in [6, 6.07) is 2.72. The van der Waals surface area contributed by atoms with Crippen LogP contribution in [-0.4, -0.2) is 28.3 Å². The van der Waals surface area contributed by atoms with Gasteiger partial charge in [0.1, 0.15) is 11.9 Å². The predicted molar refractivity (Wildman–Crippen MR) is 96.8 cm³/mol. The molecule has 1 saturated heterocycles. The third-order valence-electron chi connectivity index (χ3n) is 3.84. The average molecular weight is 441 g/mol. The van der Waals surface area contributed by atoms with Crippen molar-refractivity contribution in [1.29, 1.82) is 0 Å². The summed E-state index contributed by atoms with van der Waals surface area (Å²) >= 11 is 7.38. The first kappa shape index (κ1) is 20.3. The van der Waals surface area contributed by atoms with Gasteiger partial charge in [0.05, 0.1) is 11.1 Å². The second-order valence-corrected chi connectivity index (χ2v) is 8.21. The molecule has 2 aromatic rings. The molecule has 0 aliphatic carbocycles. The van der Waals surface area contributed by atoms with Gasteiger partial charge in [-0.3, -0.25) is 4.79 Å². The number of thiazole rings is 1. The van der Waals surface area contributed by atoms with Crippen LogP contribution >= 0.6 is 35.1 Å². The molecule has 146 valence electrons. The number of carbonyl (C=O) groups excluding carboxylic acids is 1. The third-order valence-corrected chi connectivity index (χ3v) is 6.21. The number of nitrogens with zero attached hydrogens (tertiary/aromatic N) is 2. The Morgan fingerprint density at radius 2 is 2.19 bits per heavy atom. The monoisotopic (exact) mass is 440 g/mol. The minimum Gasteiger partial charge on any atom is -0.325 e. The molecule has 3 rings (SSSR count). The van der Waals surface area contributed by atoms with Crippen LogP contribution in [0.3, 0.4) is 0 Å². The van der Waals surface area contributed by atoms with Crippen molar-refractivity contribution in [3.05, 3.63) is 45.1 Å². The van der Waals surface area contributed by atoms with E-state index in [0.717, 1.165) is 18.2 Å². The predicted octanol–water partition coefficient (Wildman–Crippen LogP) is 4.49. The molecule has 0 spiro atoms. The number of hydrogen-bond acceptors (Lipinski definition) is 6. The van der Waals surface area contributed by atoms with E-state index in [4.69, 9.17) is 11.6 Å². The van der Waals surface area contributed by atoms with Crippen molar-refractivity contribution in [3.63, 3.8) is 0 Å². The van der Waals surface area contributed by atoms with E-state index in [-0.39, 0.29) is 17.4 Å². The number of hydrogen-bond donors (Lipinski definition) is 2. The van der Waals surface area contributed by atoms with Crippen molar-refractivity contribution < 1.29 is 22.4 Å². The highest BCUT2D eigenvalue weighted by Gasteiger charge is 2.38. The number of aromatic nitrogens is 1. The van der Waals surface area contributed by atoms with Crippen LogP contribution in [0, 0.1) is 5.82 Å². The Morgan fingerprint density at radius 1 is 1.44 bits per heavy atom. The lowest BCUT2D eigenvalue weighted by Gasteiger charge is -2.35. The molecule has 1 fully saturated rings. The normalized spacial score (nSPS) is 21.3. The van der Waals surface area contributed by atoms with Gasteiger partial charge in [-0.1, -0.05) is 11.6 Å². The van der Waals surface area contributed by atoms with E-state index in [0.29, 0.717) is 21.9 Å². The first-order valence-corrected chi connectivity index (χ1v) is 9.56. The molecule has 5 nitrogen and oxygen atoms in total. The van der Waals surface area contributed by atoms with E-state index in [1.807, 2.05) is 0 Å². The lowest BCUT2D eigenvalue weighted by molar-refractivity contribution is -0.137. The molecule has 2 heterocycles. The molecule has 1 aliphatic rings. The lowest BCUT2D eigenvalue weighted by atomic mass is 10.1. The quantitative estimate of drug-likeness (QED) is 0.544. The van der Waals surface area contributed by atoms with Crippen LogP contribution in [-0.2, 0) is 11.0 Å². The molecule has 1 aromatic heterocycles. The zero-order valence-electron chi connectivity index (χ0n) is 13.7. The molecular formula is C15H13ClF4N4OS2. The zero-order valence-corrected chi connectivity index (χ0v) is 16.1. The van der Waals surface area contributed by atoms with Gasteiger partial charge >= 0.3 is 6.18 Å². The summed E-state index contributed by atoms with van der Waals surface area (Å²) in [6.45, 7) is 0. The van der Waals surface area contributed by atoms with E-state index in [9.17, 15) is 22.4 Å². The van der Waals surface area contributed by atoms with Crippen LogP contribution in [0.2, 0.25) is 5.02 Å². The second kappa shape index (κ2) is 7.92. The van der Waals surface area contributed by atoms with E-state index in [2.05, 4.69) is 15.0 Å². The fourth-order valence-electron chi connectivity index (χ4n) is 2.45. The molecule has 1 amide bonds. The van der Waals surface area contributed by atoms with Crippen molar-refractivity contribution >= 4 is 46.7 Å². The summed E-state index contributed by atoms with van der Waals surface area (Å²) in [5.74, 6) is -0.977. The number of alkyl halides is 3. The third kappa shape index (κ3) is 4.72. The van der Waals surface area contributed by atoms with Crippen LogP contribution in [0.25, 0.3) is 0 Å². The van der Waals surface area contributed by atoms with Gasteiger partial charge in [-0.15, -0.1) is 11.3 Å². The van der Waals surface area contributed by atoms with Gasteiger partial charge < -0.3 is 5.32 Å². The fraction of sp³-hybridized carbons (Fsp3) is 0.333. The number of nitrogens with one attached hydrogen (secondary N) is 2. The van der Waals surface area contributed by atoms with E-state index in [1.165, 1.54) is 18.3 Å². The van der Waals surface area contributed by atoms with Gasteiger partial charge in [-0.25, -0.2) is 18.4 Å². The second-order valence-electron chi connectivity index (χ2n) is 5.74. The molecule has 0 saturated carbocycles. The van der Waals surface area contributed by atoms with Gasteiger partial charge in [0.25, 0.3) is 0 Å². The maximum atomic E-state index is 13.2. The maximum Gasteiger partial charge on any atom is 0.443 e. The fourth-order valence-corrected chi connectivity index (χ4v) is 4.38. The van der Waals surface area contributed by atoms with E-state index in [1.54, 1.807) is 11.4 Å². The van der Waals surface area contributed by atoms with Crippen LogP contribution < -0.4 is 10.0 Å². The first-order chi connectivity index (χ1) is 12.6. The Balaban J connectivity index is 1.72. The number of likely N-dealkylation sites (N-methyl/N-ethyl adjacent to an activating group) is 1. The summed E-state index contributed by atoms with van der Waals surface area (Å²) in [6.07, 6.45) is -3.09. The van der Waals surface area contributed by atoms with Crippen molar-refractivity contribution in [3.8, 4) is 0 Å². The van der Waals surface area contributed by atoms with Crippen LogP contribution in [0.1, 0.15) is 22.3 Å². The molecule has 0 bridgehead atoms. The molecule has 0 unspecified atom stereocenters. The Hall–Kier alpha value is -1.40. The lowest BCUT2D eigenvalue weighted by Crippen LogP contribution is -2.45. The number of carbonyl (C=O) groups is 1. The molecule has 2 atom stereocenters. The summed E-state index contributed by atoms with van der Waals surface area (Å²) in [5, 5.41) is 1.60. The Morgan fingerprint density at radius 3 is 2.81 bits per heavy atom. The SMILES string of the molecule is CN1SN[C@H](c2cnc(C(F)(F)F)s2)C[C@@H]1C(=O)Nc1ccc(F)c(Cl)c1. The van der Waals surface area contributed by atoms with E-state index < -0.39 is 29.1 Å². The number of halogens is 5. The molecule has 2 N–H and O–H groups in total. The Kier molecular flexibility index (Phi) is 5.96. The van der Waals surface area contributed by atoms with Crippen molar-refractivity contribution in [1.82, 2.24) is 14.0 Å². The minimum atomic E-state index is -4.50. The van der Waals surface area contributed by atoms with Gasteiger partial charge in [0, 0.05) is 28.9 Å². The summed E-state index contributed by atoms with van der Waals surface area (Å²) < 4.78 is 56.1. The number of anilines is 1. The maximum absolute atomic E-state index is 13.2. The van der Waals surface area contributed by atoms with E-state index >= 15 is 0 Å². The molecule has 0 radical (unpaired) electrons. The highest BCUT2D eigenvalue weighted by molar-refractivity contribution is 7.95. The highest BCUT2D eigenvalue weighted by atomic mass is 35.5. The standard InChI is InChI=1S/C15H13ClF4N4OS2/c1-24-11(13(25)22-7-2-3-9(17)8(16)4-7)5-10(23-27-24)12-6-21-14(26-12)15(18,19)20/h2-4,6,10-11,23H,5H2,1H3,(H,22,25)/t10-,11+/m0/s1. The van der Waals surface area contributed by atoms with Gasteiger partial charge in [-0.05, 0) is 31.7 Å². The van der Waals surface area contributed by atoms with Crippen LogP contribution in [0.5, 0.6) is 0 Å². The largest absolute Gasteiger partial charge is 0.443 e. The average Bonchev–Trinajstić information content (AvgIpc) is 3.09. The number of amides is 1. The summed E-state index contributed by atoms with van der Waals surface area (Å²) in [7, 11) is 1.68. The zero-order chi connectivity index (χ0) is 19.8. The van der Waals surface area contributed by atoms with Crippen LogP contribution in [0.15, 0.2) is 24.4 Å². The van der Waals surface area contributed by atoms with Gasteiger partial charge in [0.2, 0.25) is 5.91 Å². The first-order valence-electron chi connectivity index (χ1n) is 7.59. The Labute approximate surface area is 165 Å². The van der Waals surface area contributed by atoms with Crippen molar-refractivity contribution in [2.24, 2.45) is 0 Å². The molecule has 1 aromatic carbocycles. The molecule has 1 aliphatic heterocycles. The molecule has 12 heteroatoms. The van der Waals surface area contributed by atoms with Crippen molar-refractivity contribution in [2.75, 3.05) is 12.4 Å². The summed E-state index contributed by atoms with van der Waals surface area (Å²) in [4.78, 5) is 16.4. The topological polar surface area (TPSA) is 57.3 Å². The Bertz CT molecular complexity index is 847. The van der Waals surface area contributed by atoms with Crippen molar-refractivity contribution in [2.45, 2.75) is 24.7 Å². The minimum absolute atomic E-state index is 0.122. The smallest absolute Gasteiger partial charge is 0.325 e. The van der Waals surface area contributed by atoms with Gasteiger partial charge in [-0.2, -0.15) is 13.2 Å². The summed E-state index contributed by atoms with van der Waals surface area (Å²) in [5.41, 5.74) is 0.331. The number of rotatable bonds is 3. The highest BCUT2D eigenvalue weighted by Crippen LogP contribution is 2.38. The number of benzene rings is 1. The molecular weight excluding hydrogens is 428 g/mol.